The third kappa shape index (κ3) is 3.17. The van der Waals surface area contributed by atoms with Crippen molar-refractivity contribution in [2.75, 3.05) is 6.54 Å². The van der Waals surface area contributed by atoms with Crippen LogP contribution in [0.25, 0.3) is 0 Å². The SMILES string of the molecule is CCN1[C@@H](CC(C)C)C(CC)(CC)O[C@H]1c1ccccc1. The van der Waals surface area contributed by atoms with Gasteiger partial charge in [-0.1, -0.05) is 65.0 Å². The van der Waals surface area contributed by atoms with Crippen LogP contribution in [0.2, 0.25) is 0 Å². The van der Waals surface area contributed by atoms with Crippen LogP contribution < -0.4 is 0 Å². The predicted molar refractivity (Wildman–Crippen MR) is 89.2 cm³/mol. The molecule has 2 nitrogen and oxygen atoms in total. The zero-order valence-corrected chi connectivity index (χ0v) is 14.3. The minimum absolute atomic E-state index is 0.000782. The predicted octanol–water partition coefficient (Wildman–Crippen LogP) is 5.01. The van der Waals surface area contributed by atoms with Gasteiger partial charge in [-0.3, -0.25) is 4.90 Å². The molecule has 1 fully saturated rings. The van der Waals surface area contributed by atoms with Crippen LogP contribution in [0.1, 0.15) is 65.7 Å². The van der Waals surface area contributed by atoms with Crippen LogP contribution in [0.15, 0.2) is 30.3 Å². The molecule has 2 rings (SSSR count). The first-order chi connectivity index (χ1) is 10.1. The molecule has 1 aromatic rings. The third-order valence-electron chi connectivity index (χ3n) is 5.00. The van der Waals surface area contributed by atoms with Gasteiger partial charge in [0.05, 0.1) is 5.60 Å². The molecule has 1 heterocycles. The molecule has 2 heteroatoms. The number of rotatable bonds is 6. The molecule has 0 amide bonds. The highest BCUT2D eigenvalue weighted by atomic mass is 16.5. The fourth-order valence-electron chi connectivity index (χ4n) is 3.78. The van der Waals surface area contributed by atoms with E-state index in [1.165, 1.54) is 12.0 Å². The van der Waals surface area contributed by atoms with E-state index in [2.05, 4.69) is 69.9 Å². The first-order valence-electron chi connectivity index (χ1n) is 8.56. The van der Waals surface area contributed by atoms with Crippen LogP contribution in [0.3, 0.4) is 0 Å². The summed E-state index contributed by atoms with van der Waals surface area (Å²) in [6.07, 6.45) is 3.49. The topological polar surface area (TPSA) is 12.5 Å². The molecule has 0 spiro atoms. The highest BCUT2D eigenvalue weighted by Gasteiger charge is 2.50. The molecule has 0 saturated carbocycles. The van der Waals surface area contributed by atoms with Crippen molar-refractivity contribution >= 4 is 0 Å². The Morgan fingerprint density at radius 1 is 1.10 bits per heavy atom. The molecule has 0 aliphatic carbocycles. The lowest BCUT2D eigenvalue weighted by atomic mass is 9.83. The molecule has 0 unspecified atom stereocenters. The highest BCUT2D eigenvalue weighted by molar-refractivity contribution is 5.20. The van der Waals surface area contributed by atoms with Gasteiger partial charge in [0.2, 0.25) is 0 Å². The maximum atomic E-state index is 6.68. The summed E-state index contributed by atoms with van der Waals surface area (Å²) in [4.78, 5) is 2.57. The smallest absolute Gasteiger partial charge is 0.137 e. The van der Waals surface area contributed by atoms with E-state index in [1.807, 2.05) is 0 Å². The Balaban J connectivity index is 2.36. The first-order valence-corrected chi connectivity index (χ1v) is 8.56. The van der Waals surface area contributed by atoms with Gasteiger partial charge in [0, 0.05) is 6.04 Å². The van der Waals surface area contributed by atoms with Crippen LogP contribution in [0.4, 0.5) is 0 Å². The average molecular weight is 289 g/mol. The first kappa shape index (κ1) is 16.5. The molecule has 1 aliphatic heterocycles. The van der Waals surface area contributed by atoms with Crippen molar-refractivity contribution in [3.05, 3.63) is 35.9 Å². The second-order valence-electron chi connectivity index (χ2n) is 6.63. The minimum Gasteiger partial charge on any atom is -0.351 e. The summed E-state index contributed by atoms with van der Waals surface area (Å²) >= 11 is 0. The van der Waals surface area contributed by atoms with Crippen LogP contribution >= 0.6 is 0 Å². The molecule has 0 bridgehead atoms. The molecule has 2 atom stereocenters. The summed E-state index contributed by atoms with van der Waals surface area (Å²) in [7, 11) is 0. The second kappa shape index (κ2) is 6.93. The number of likely N-dealkylation sites (N-methyl/N-ethyl adjacent to an activating group) is 1. The largest absolute Gasteiger partial charge is 0.351 e. The van der Waals surface area contributed by atoms with Gasteiger partial charge in [-0.25, -0.2) is 0 Å². The van der Waals surface area contributed by atoms with E-state index in [-0.39, 0.29) is 11.8 Å². The monoisotopic (exact) mass is 289 g/mol. The molecule has 1 aliphatic rings. The van der Waals surface area contributed by atoms with Crippen LogP contribution in [0.5, 0.6) is 0 Å². The molecular formula is C19H31NO. The summed E-state index contributed by atoms with van der Waals surface area (Å²) in [6.45, 7) is 12.5. The minimum atomic E-state index is 0.000782. The van der Waals surface area contributed by atoms with E-state index < -0.39 is 0 Å². The highest BCUT2D eigenvalue weighted by Crippen LogP contribution is 2.46. The van der Waals surface area contributed by atoms with Crippen molar-refractivity contribution in [2.45, 2.75) is 71.8 Å². The van der Waals surface area contributed by atoms with E-state index in [0.29, 0.717) is 12.0 Å². The molecule has 0 radical (unpaired) electrons. The molecular weight excluding hydrogens is 258 g/mol. The summed E-state index contributed by atoms with van der Waals surface area (Å²) in [5.74, 6) is 0.694. The maximum Gasteiger partial charge on any atom is 0.137 e. The second-order valence-corrected chi connectivity index (χ2v) is 6.63. The Labute approximate surface area is 130 Å². The van der Waals surface area contributed by atoms with Gasteiger partial charge in [0.25, 0.3) is 0 Å². The Kier molecular flexibility index (Phi) is 5.45. The zero-order valence-electron chi connectivity index (χ0n) is 14.3. The van der Waals surface area contributed by atoms with E-state index in [4.69, 9.17) is 4.74 Å². The molecule has 118 valence electrons. The van der Waals surface area contributed by atoms with Crippen LogP contribution in [0, 0.1) is 5.92 Å². The summed E-state index contributed by atoms with van der Waals surface area (Å²) in [6, 6.07) is 11.2. The van der Waals surface area contributed by atoms with Gasteiger partial charge in [-0.15, -0.1) is 0 Å². The fourth-order valence-corrected chi connectivity index (χ4v) is 3.78. The quantitative estimate of drug-likeness (QED) is 0.730. The van der Waals surface area contributed by atoms with E-state index in [1.54, 1.807) is 0 Å². The summed E-state index contributed by atoms with van der Waals surface area (Å²) in [5, 5.41) is 0. The standard InChI is InChI=1S/C19H31NO/c1-6-19(7-2)17(14-15(4)5)20(8-3)18(21-19)16-12-10-9-11-13-16/h9-13,15,17-18H,6-8,14H2,1-5H3/t17-,18-/m0/s1. The van der Waals surface area contributed by atoms with Crippen molar-refractivity contribution in [1.82, 2.24) is 4.90 Å². The normalized spacial score (nSPS) is 25.6. The van der Waals surface area contributed by atoms with Gasteiger partial charge in [0.1, 0.15) is 6.23 Å². The number of benzene rings is 1. The van der Waals surface area contributed by atoms with Gasteiger partial charge < -0.3 is 4.74 Å². The maximum absolute atomic E-state index is 6.68. The number of ether oxygens (including phenoxy) is 1. The van der Waals surface area contributed by atoms with E-state index >= 15 is 0 Å². The third-order valence-corrected chi connectivity index (χ3v) is 5.00. The summed E-state index contributed by atoms with van der Waals surface area (Å²) in [5.41, 5.74) is 1.29. The fraction of sp³-hybridized carbons (Fsp3) is 0.684. The van der Waals surface area contributed by atoms with Gasteiger partial charge >= 0.3 is 0 Å². The van der Waals surface area contributed by atoms with Gasteiger partial charge in [-0.2, -0.15) is 0 Å². The van der Waals surface area contributed by atoms with Crippen molar-refractivity contribution in [2.24, 2.45) is 5.92 Å². The lowest BCUT2D eigenvalue weighted by Gasteiger charge is -2.35. The molecule has 0 N–H and O–H groups in total. The van der Waals surface area contributed by atoms with Crippen LogP contribution in [-0.2, 0) is 4.74 Å². The number of nitrogens with zero attached hydrogens (tertiary/aromatic N) is 1. The van der Waals surface area contributed by atoms with Gasteiger partial charge in [-0.05, 0) is 37.3 Å². The zero-order chi connectivity index (χ0) is 15.5. The molecule has 0 aromatic heterocycles. The van der Waals surface area contributed by atoms with Crippen molar-refractivity contribution in [3.8, 4) is 0 Å². The van der Waals surface area contributed by atoms with Crippen molar-refractivity contribution < 1.29 is 4.74 Å². The summed E-state index contributed by atoms with van der Waals surface area (Å²) < 4.78 is 6.68. The Morgan fingerprint density at radius 2 is 1.71 bits per heavy atom. The Morgan fingerprint density at radius 3 is 2.19 bits per heavy atom. The molecule has 1 saturated heterocycles. The van der Waals surface area contributed by atoms with Crippen molar-refractivity contribution in [3.63, 3.8) is 0 Å². The lowest BCUT2D eigenvalue weighted by Crippen LogP contribution is -2.45. The number of hydrogen-bond donors (Lipinski definition) is 0. The Bertz CT molecular complexity index is 424. The lowest BCUT2D eigenvalue weighted by molar-refractivity contribution is -0.0665. The Hall–Kier alpha value is -0.860. The molecule has 21 heavy (non-hydrogen) atoms. The molecule has 1 aromatic carbocycles. The average Bonchev–Trinajstić information content (AvgIpc) is 2.81. The van der Waals surface area contributed by atoms with Crippen molar-refractivity contribution in [1.29, 1.82) is 0 Å². The van der Waals surface area contributed by atoms with Crippen LogP contribution in [-0.4, -0.2) is 23.1 Å². The number of hydrogen-bond acceptors (Lipinski definition) is 2. The van der Waals surface area contributed by atoms with Gasteiger partial charge in [0.15, 0.2) is 0 Å². The van der Waals surface area contributed by atoms with E-state index in [0.717, 1.165) is 19.4 Å². The van der Waals surface area contributed by atoms with E-state index in [9.17, 15) is 0 Å².